The quantitative estimate of drug-likeness (QED) is 0.713. The number of hydrogen-bond donors (Lipinski definition) is 1. The summed E-state index contributed by atoms with van der Waals surface area (Å²) in [7, 11) is 1.75. The number of fused-ring (bicyclic) bond motifs is 1. The van der Waals surface area contributed by atoms with Gasteiger partial charge in [0.05, 0.1) is 16.5 Å². The van der Waals surface area contributed by atoms with Crippen LogP contribution >= 0.6 is 11.6 Å². The van der Waals surface area contributed by atoms with E-state index in [0.717, 1.165) is 29.8 Å². The second kappa shape index (κ2) is 7.31. The summed E-state index contributed by atoms with van der Waals surface area (Å²) >= 11 is 6.14. The Balaban J connectivity index is 1.85. The Morgan fingerprint density at radius 3 is 2.78 bits per heavy atom. The van der Waals surface area contributed by atoms with Gasteiger partial charge in [0.15, 0.2) is 0 Å². The van der Waals surface area contributed by atoms with Crippen molar-refractivity contribution in [3.05, 3.63) is 51.4 Å². The maximum Gasteiger partial charge on any atom is 0.261 e. The highest BCUT2D eigenvalue weighted by atomic mass is 35.5. The largest absolute Gasteiger partial charge is 0.367 e. The molecule has 0 saturated heterocycles. The van der Waals surface area contributed by atoms with E-state index in [4.69, 9.17) is 16.6 Å². The molecule has 0 radical (unpaired) electrons. The maximum absolute atomic E-state index is 13.0. The summed E-state index contributed by atoms with van der Waals surface area (Å²) < 4.78 is 1.58. The van der Waals surface area contributed by atoms with Crippen molar-refractivity contribution in [1.82, 2.24) is 14.5 Å². The molecule has 1 aliphatic carbocycles. The van der Waals surface area contributed by atoms with Crippen LogP contribution in [-0.2, 0) is 7.05 Å². The third-order valence-corrected chi connectivity index (χ3v) is 5.55. The van der Waals surface area contributed by atoms with E-state index in [9.17, 15) is 4.79 Å². The lowest BCUT2D eigenvalue weighted by atomic mass is 9.95. The van der Waals surface area contributed by atoms with Crippen LogP contribution in [0.25, 0.3) is 22.3 Å². The van der Waals surface area contributed by atoms with Crippen LogP contribution in [0.1, 0.15) is 37.7 Å². The smallest absolute Gasteiger partial charge is 0.261 e. The van der Waals surface area contributed by atoms with Crippen LogP contribution in [-0.4, -0.2) is 20.6 Å². The van der Waals surface area contributed by atoms with Gasteiger partial charge in [0.25, 0.3) is 5.56 Å². The van der Waals surface area contributed by atoms with Crippen molar-refractivity contribution in [2.24, 2.45) is 7.05 Å². The average molecular weight is 383 g/mol. The van der Waals surface area contributed by atoms with E-state index in [0.29, 0.717) is 27.8 Å². The molecule has 2 aromatic heterocycles. The number of hydrogen-bond acceptors (Lipinski definition) is 4. The molecule has 1 aromatic carbocycles. The van der Waals surface area contributed by atoms with Crippen LogP contribution in [0, 0.1) is 6.92 Å². The molecule has 140 valence electrons. The van der Waals surface area contributed by atoms with Gasteiger partial charge in [0, 0.05) is 24.3 Å². The lowest BCUT2D eigenvalue weighted by Gasteiger charge is -2.24. The molecule has 1 saturated carbocycles. The number of aryl methyl sites for hydroxylation is 1. The van der Waals surface area contributed by atoms with E-state index in [2.05, 4.69) is 10.3 Å². The SMILES string of the molecule is Cc1cc(Cl)cc2c(=O)n(C)c(-c3cccnc3NC3CCCCC3)nc12. The molecule has 1 N–H and O–H groups in total. The highest BCUT2D eigenvalue weighted by Crippen LogP contribution is 2.29. The first-order valence-corrected chi connectivity index (χ1v) is 9.81. The predicted octanol–water partition coefficient (Wildman–Crippen LogP) is 4.70. The summed E-state index contributed by atoms with van der Waals surface area (Å²) in [5.74, 6) is 1.40. The fraction of sp³-hybridized carbons (Fsp3) is 0.381. The van der Waals surface area contributed by atoms with Crippen molar-refractivity contribution < 1.29 is 0 Å². The minimum Gasteiger partial charge on any atom is -0.367 e. The summed E-state index contributed by atoms with van der Waals surface area (Å²) in [6.07, 6.45) is 7.86. The van der Waals surface area contributed by atoms with Crippen molar-refractivity contribution >= 4 is 28.3 Å². The zero-order chi connectivity index (χ0) is 19.0. The Hall–Kier alpha value is -2.40. The molecule has 0 atom stereocenters. The lowest BCUT2D eigenvalue weighted by Crippen LogP contribution is -2.24. The van der Waals surface area contributed by atoms with E-state index < -0.39 is 0 Å². The monoisotopic (exact) mass is 382 g/mol. The second-order valence-corrected chi connectivity index (χ2v) is 7.73. The molecule has 6 heteroatoms. The first kappa shape index (κ1) is 18.0. The molecule has 0 unspecified atom stereocenters. The number of nitrogens with one attached hydrogen (secondary N) is 1. The molecular formula is C21H23ClN4O. The van der Waals surface area contributed by atoms with Crippen molar-refractivity contribution in [1.29, 1.82) is 0 Å². The molecule has 0 aliphatic heterocycles. The topological polar surface area (TPSA) is 59.8 Å². The number of pyridine rings is 1. The normalized spacial score (nSPS) is 15.2. The highest BCUT2D eigenvalue weighted by molar-refractivity contribution is 6.31. The van der Waals surface area contributed by atoms with Crippen LogP contribution in [0.3, 0.4) is 0 Å². The van der Waals surface area contributed by atoms with Crippen LogP contribution in [0.5, 0.6) is 0 Å². The number of benzene rings is 1. The minimum absolute atomic E-state index is 0.104. The predicted molar refractivity (Wildman–Crippen MR) is 110 cm³/mol. The molecule has 27 heavy (non-hydrogen) atoms. The summed E-state index contributed by atoms with van der Waals surface area (Å²) in [4.78, 5) is 22.3. The van der Waals surface area contributed by atoms with Crippen molar-refractivity contribution in [3.63, 3.8) is 0 Å². The lowest BCUT2D eigenvalue weighted by molar-refractivity contribution is 0.462. The Morgan fingerprint density at radius 2 is 2.00 bits per heavy atom. The molecule has 2 heterocycles. The zero-order valence-corrected chi connectivity index (χ0v) is 16.4. The Labute approximate surface area is 163 Å². The van der Waals surface area contributed by atoms with Gasteiger partial charge in [0.2, 0.25) is 0 Å². The number of halogens is 1. The van der Waals surface area contributed by atoms with Crippen LogP contribution in [0.2, 0.25) is 5.02 Å². The molecule has 5 nitrogen and oxygen atoms in total. The summed E-state index contributed by atoms with van der Waals surface area (Å²) in [6, 6.07) is 7.80. The minimum atomic E-state index is -0.104. The van der Waals surface area contributed by atoms with Crippen LogP contribution < -0.4 is 10.9 Å². The van der Waals surface area contributed by atoms with Crippen LogP contribution in [0.15, 0.2) is 35.3 Å². The molecule has 0 spiro atoms. The molecule has 1 fully saturated rings. The number of rotatable bonds is 3. The first-order valence-electron chi connectivity index (χ1n) is 9.43. The molecule has 0 amide bonds. The van der Waals surface area contributed by atoms with Gasteiger partial charge in [-0.25, -0.2) is 9.97 Å². The summed E-state index contributed by atoms with van der Waals surface area (Å²) in [6.45, 7) is 1.93. The van der Waals surface area contributed by atoms with Gasteiger partial charge < -0.3 is 5.32 Å². The second-order valence-electron chi connectivity index (χ2n) is 7.30. The summed E-state index contributed by atoms with van der Waals surface area (Å²) in [5, 5.41) is 4.67. The van der Waals surface area contributed by atoms with Gasteiger partial charge in [-0.3, -0.25) is 9.36 Å². The number of aromatic nitrogens is 3. The van der Waals surface area contributed by atoms with Crippen molar-refractivity contribution in [2.75, 3.05) is 5.32 Å². The number of nitrogens with zero attached hydrogens (tertiary/aromatic N) is 3. The van der Waals surface area contributed by atoms with E-state index >= 15 is 0 Å². The van der Waals surface area contributed by atoms with Crippen molar-refractivity contribution in [2.45, 2.75) is 45.1 Å². The van der Waals surface area contributed by atoms with Gasteiger partial charge >= 0.3 is 0 Å². The van der Waals surface area contributed by atoms with Crippen molar-refractivity contribution in [3.8, 4) is 11.4 Å². The third-order valence-electron chi connectivity index (χ3n) is 5.33. The Kier molecular flexibility index (Phi) is 4.87. The summed E-state index contributed by atoms with van der Waals surface area (Å²) in [5.41, 5.74) is 2.32. The molecular weight excluding hydrogens is 360 g/mol. The molecule has 1 aliphatic rings. The molecule has 3 aromatic rings. The van der Waals surface area contributed by atoms with Gasteiger partial charge in [-0.05, 0) is 49.6 Å². The fourth-order valence-corrected chi connectivity index (χ4v) is 4.16. The van der Waals surface area contributed by atoms with E-state index in [-0.39, 0.29) is 5.56 Å². The zero-order valence-electron chi connectivity index (χ0n) is 15.6. The molecule has 4 rings (SSSR count). The van der Waals surface area contributed by atoms with Gasteiger partial charge in [0.1, 0.15) is 11.6 Å². The van der Waals surface area contributed by atoms with Gasteiger partial charge in [-0.15, -0.1) is 0 Å². The first-order chi connectivity index (χ1) is 13.0. The Morgan fingerprint density at radius 1 is 1.22 bits per heavy atom. The highest BCUT2D eigenvalue weighted by Gasteiger charge is 2.19. The maximum atomic E-state index is 13.0. The average Bonchev–Trinajstić information content (AvgIpc) is 2.67. The van der Waals surface area contributed by atoms with Gasteiger partial charge in [-0.2, -0.15) is 0 Å². The van der Waals surface area contributed by atoms with E-state index in [1.807, 2.05) is 25.1 Å². The van der Waals surface area contributed by atoms with E-state index in [1.54, 1.807) is 23.9 Å². The van der Waals surface area contributed by atoms with E-state index in [1.165, 1.54) is 19.3 Å². The fourth-order valence-electron chi connectivity index (χ4n) is 3.89. The van der Waals surface area contributed by atoms with Gasteiger partial charge in [-0.1, -0.05) is 30.9 Å². The molecule has 0 bridgehead atoms. The number of anilines is 1. The van der Waals surface area contributed by atoms with Crippen LogP contribution in [0.4, 0.5) is 5.82 Å². The third kappa shape index (κ3) is 3.44. The Bertz CT molecular complexity index is 1050. The standard InChI is InChI=1S/C21H23ClN4O/c1-13-11-14(22)12-17-18(13)25-20(26(2)21(17)27)16-9-6-10-23-19(16)24-15-7-4-3-5-8-15/h6,9-12,15H,3-5,7-8H2,1-2H3,(H,23,24).